The zero-order valence-corrected chi connectivity index (χ0v) is 13.5. The quantitative estimate of drug-likeness (QED) is 0.516. The number of nitrogen functional groups attached to an aromatic ring is 1. The van der Waals surface area contributed by atoms with Crippen LogP contribution in [0.4, 0.5) is 5.82 Å². The largest absolute Gasteiger partial charge is 0.508 e. The van der Waals surface area contributed by atoms with Crippen LogP contribution in [0, 0.1) is 11.3 Å². The van der Waals surface area contributed by atoms with E-state index in [9.17, 15) is 15.2 Å². The maximum absolute atomic E-state index is 12.5. The van der Waals surface area contributed by atoms with Crippen LogP contribution in [0.2, 0.25) is 0 Å². The van der Waals surface area contributed by atoms with E-state index in [2.05, 4.69) is 10.1 Å². The summed E-state index contributed by atoms with van der Waals surface area (Å²) < 4.78 is 1.54. The lowest BCUT2D eigenvalue weighted by atomic mass is 9.98. The van der Waals surface area contributed by atoms with E-state index in [-0.39, 0.29) is 17.1 Å². The molecular weight excluding hydrogens is 330 g/mol. The molecule has 0 aliphatic rings. The summed E-state index contributed by atoms with van der Waals surface area (Å²) in [6, 6.07) is 17.4. The first-order valence-corrected chi connectivity index (χ1v) is 7.79. The normalized spacial score (nSPS) is 10.7. The fraction of sp³-hybridized carbons (Fsp3) is 0. The molecule has 0 amide bonds. The third kappa shape index (κ3) is 2.29. The lowest BCUT2D eigenvalue weighted by Crippen LogP contribution is -2.13. The predicted octanol–water partition coefficient (Wildman–Crippen LogP) is 2.54. The lowest BCUT2D eigenvalue weighted by molar-refractivity contribution is 0.475. The number of rotatable bonds is 2. The van der Waals surface area contributed by atoms with Crippen LogP contribution >= 0.6 is 0 Å². The van der Waals surface area contributed by atoms with Crippen LogP contribution in [0.5, 0.6) is 5.75 Å². The highest BCUT2D eigenvalue weighted by molar-refractivity contribution is 6.02. The number of nitrogens with two attached hydrogens (primary N) is 1. The van der Waals surface area contributed by atoms with Gasteiger partial charge in [-0.3, -0.25) is 4.79 Å². The van der Waals surface area contributed by atoms with Crippen molar-refractivity contribution >= 4 is 16.9 Å². The lowest BCUT2D eigenvalue weighted by Gasteiger charge is -2.08. The highest BCUT2D eigenvalue weighted by atomic mass is 16.3. The summed E-state index contributed by atoms with van der Waals surface area (Å²) >= 11 is 0. The zero-order chi connectivity index (χ0) is 18.3. The molecule has 0 aliphatic heterocycles. The summed E-state index contributed by atoms with van der Waals surface area (Å²) in [7, 11) is 0. The van der Waals surface area contributed by atoms with Crippen molar-refractivity contribution < 1.29 is 5.11 Å². The van der Waals surface area contributed by atoms with Crippen molar-refractivity contribution in [1.82, 2.24) is 14.8 Å². The van der Waals surface area contributed by atoms with Crippen LogP contribution in [0.1, 0.15) is 5.56 Å². The van der Waals surface area contributed by atoms with Gasteiger partial charge < -0.3 is 15.8 Å². The van der Waals surface area contributed by atoms with Gasteiger partial charge in [-0.2, -0.15) is 5.26 Å². The Morgan fingerprint density at radius 2 is 1.81 bits per heavy atom. The van der Waals surface area contributed by atoms with Crippen LogP contribution in [0.15, 0.2) is 59.4 Å². The van der Waals surface area contributed by atoms with Gasteiger partial charge in [0.05, 0.1) is 11.1 Å². The molecule has 0 atom stereocenters. The number of benzene rings is 2. The molecule has 0 unspecified atom stereocenters. The first-order valence-electron chi connectivity index (χ1n) is 7.79. The molecule has 2 aromatic carbocycles. The second-order valence-electron chi connectivity index (χ2n) is 5.72. The number of fused-ring (bicyclic) bond motifs is 1. The number of para-hydroxylation sites is 1. The standard InChI is InChI=1S/C19H13N5O2/c20-10-14-15(11-6-8-13(25)9-7-11)16-17(21)23-24(18(16)22-19(14)26)12-4-2-1-3-5-12/h1-9,25H,(H2,21,23)(H,22,26). The molecule has 4 rings (SSSR count). The Labute approximate surface area is 147 Å². The number of anilines is 1. The van der Waals surface area contributed by atoms with Crippen molar-refractivity contribution in [2.75, 3.05) is 5.73 Å². The number of aromatic hydroxyl groups is 1. The van der Waals surface area contributed by atoms with Crippen LogP contribution in [-0.4, -0.2) is 19.9 Å². The van der Waals surface area contributed by atoms with Gasteiger partial charge in [0.25, 0.3) is 5.56 Å². The van der Waals surface area contributed by atoms with Crippen LogP contribution in [-0.2, 0) is 0 Å². The minimum atomic E-state index is -0.528. The van der Waals surface area contributed by atoms with Crippen LogP contribution in [0.25, 0.3) is 27.8 Å². The van der Waals surface area contributed by atoms with Gasteiger partial charge in [-0.25, -0.2) is 4.68 Å². The van der Waals surface area contributed by atoms with Gasteiger partial charge in [0.15, 0.2) is 5.82 Å². The number of H-pyrrole nitrogens is 1. The number of aromatic amines is 1. The summed E-state index contributed by atoms with van der Waals surface area (Å²) in [5.74, 6) is 0.279. The number of nitrogens with zero attached hydrogens (tertiary/aromatic N) is 3. The van der Waals surface area contributed by atoms with Crippen LogP contribution < -0.4 is 11.3 Å². The van der Waals surface area contributed by atoms with Gasteiger partial charge in [-0.1, -0.05) is 30.3 Å². The van der Waals surface area contributed by atoms with E-state index in [1.165, 1.54) is 16.8 Å². The number of phenolic OH excluding ortho intramolecular Hbond substituents is 1. The molecule has 0 fully saturated rings. The summed E-state index contributed by atoms with van der Waals surface area (Å²) in [4.78, 5) is 15.2. The molecule has 4 N–H and O–H groups in total. The predicted molar refractivity (Wildman–Crippen MR) is 97.9 cm³/mol. The number of hydrogen-bond acceptors (Lipinski definition) is 5. The summed E-state index contributed by atoms with van der Waals surface area (Å²) in [6.07, 6.45) is 0. The van der Waals surface area contributed by atoms with Crippen molar-refractivity contribution in [3.63, 3.8) is 0 Å². The highest BCUT2D eigenvalue weighted by Gasteiger charge is 2.21. The third-order valence-electron chi connectivity index (χ3n) is 4.14. The smallest absolute Gasteiger partial charge is 0.268 e. The zero-order valence-electron chi connectivity index (χ0n) is 13.5. The molecular formula is C19H13N5O2. The van der Waals surface area contributed by atoms with E-state index in [0.29, 0.717) is 22.2 Å². The first kappa shape index (κ1) is 15.5. The molecule has 7 nitrogen and oxygen atoms in total. The molecule has 0 bridgehead atoms. The fourth-order valence-electron chi connectivity index (χ4n) is 2.98. The molecule has 7 heteroatoms. The molecule has 4 aromatic rings. The molecule has 0 saturated heterocycles. The number of hydrogen-bond donors (Lipinski definition) is 3. The maximum Gasteiger partial charge on any atom is 0.268 e. The fourth-order valence-corrected chi connectivity index (χ4v) is 2.98. The van der Waals surface area contributed by atoms with E-state index in [4.69, 9.17) is 5.73 Å². The van der Waals surface area contributed by atoms with Gasteiger partial charge in [0, 0.05) is 5.56 Å². The Balaban J connectivity index is 2.14. The van der Waals surface area contributed by atoms with Gasteiger partial charge >= 0.3 is 0 Å². The van der Waals surface area contributed by atoms with Gasteiger partial charge in [-0.05, 0) is 29.8 Å². The molecule has 126 valence electrons. The van der Waals surface area contributed by atoms with Crippen LogP contribution in [0.3, 0.4) is 0 Å². The highest BCUT2D eigenvalue weighted by Crippen LogP contribution is 2.34. The summed E-state index contributed by atoms with van der Waals surface area (Å²) in [5.41, 5.74) is 7.68. The Bertz CT molecular complexity index is 1220. The number of nitrogens with one attached hydrogen (secondary N) is 1. The Morgan fingerprint density at radius 3 is 2.46 bits per heavy atom. The summed E-state index contributed by atoms with van der Waals surface area (Å²) in [6.45, 7) is 0. The topological polar surface area (TPSA) is 121 Å². The van der Waals surface area contributed by atoms with E-state index in [1.54, 1.807) is 12.1 Å². The average molecular weight is 343 g/mol. The SMILES string of the molecule is N#Cc1c(-c2ccc(O)cc2)c2c(N)nn(-c3ccccc3)c2[nH]c1=O. The van der Waals surface area contributed by atoms with Crippen molar-refractivity contribution in [1.29, 1.82) is 5.26 Å². The molecule has 2 aromatic heterocycles. The monoisotopic (exact) mass is 343 g/mol. The van der Waals surface area contributed by atoms with Crippen molar-refractivity contribution in [2.45, 2.75) is 0 Å². The average Bonchev–Trinajstić information content (AvgIpc) is 2.98. The Morgan fingerprint density at radius 1 is 1.12 bits per heavy atom. The second-order valence-corrected chi connectivity index (χ2v) is 5.72. The van der Waals surface area contributed by atoms with E-state index in [1.807, 2.05) is 36.4 Å². The molecule has 0 radical (unpaired) electrons. The van der Waals surface area contributed by atoms with Gasteiger partial charge in [0.1, 0.15) is 23.0 Å². The minimum Gasteiger partial charge on any atom is -0.508 e. The molecule has 0 spiro atoms. The summed E-state index contributed by atoms with van der Waals surface area (Å²) in [5, 5.41) is 23.9. The van der Waals surface area contributed by atoms with Crippen molar-refractivity contribution in [3.8, 4) is 28.6 Å². The minimum absolute atomic E-state index is 0.0532. The van der Waals surface area contributed by atoms with E-state index >= 15 is 0 Å². The van der Waals surface area contributed by atoms with E-state index in [0.717, 1.165) is 5.69 Å². The molecule has 2 heterocycles. The first-order chi connectivity index (χ1) is 12.6. The Kier molecular flexibility index (Phi) is 3.45. The van der Waals surface area contributed by atoms with Gasteiger partial charge in [-0.15, -0.1) is 5.10 Å². The van der Waals surface area contributed by atoms with Crippen molar-refractivity contribution in [2.24, 2.45) is 0 Å². The molecule has 26 heavy (non-hydrogen) atoms. The molecule has 0 saturated carbocycles. The third-order valence-corrected chi connectivity index (χ3v) is 4.14. The van der Waals surface area contributed by atoms with E-state index < -0.39 is 5.56 Å². The number of aromatic nitrogens is 3. The second kappa shape index (κ2) is 5.79. The van der Waals surface area contributed by atoms with Crippen molar-refractivity contribution in [3.05, 3.63) is 70.5 Å². The van der Waals surface area contributed by atoms with Gasteiger partial charge in [0.2, 0.25) is 0 Å². The maximum atomic E-state index is 12.5. The number of nitriles is 1. The molecule has 0 aliphatic carbocycles. The Hall–Kier alpha value is -4.05. The number of phenols is 1. The number of pyridine rings is 1.